The molecule has 0 spiro atoms. The summed E-state index contributed by atoms with van der Waals surface area (Å²) >= 11 is 0. The van der Waals surface area contributed by atoms with Crippen molar-refractivity contribution in [2.24, 2.45) is 0 Å². The lowest BCUT2D eigenvalue weighted by Crippen LogP contribution is -2.46. The Morgan fingerprint density at radius 1 is 1.48 bits per heavy atom. The van der Waals surface area contributed by atoms with Crippen molar-refractivity contribution >= 4 is 5.78 Å². The molecule has 0 N–H and O–H groups in total. The van der Waals surface area contributed by atoms with E-state index in [1.165, 1.54) is 0 Å². The zero-order chi connectivity index (χ0) is 15.2. The molecule has 4 nitrogen and oxygen atoms in total. The fraction of sp³-hybridized carbons (Fsp3) is 0.588. The van der Waals surface area contributed by atoms with Crippen molar-refractivity contribution in [3.63, 3.8) is 0 Å². The molecular formula is C17H25NO3. The van der Waals surface area contributed by atoms with Gasteiger partial charge in [0.25, 0.3) is 0 Å². The molecule has 0 radical (unpaired) electrons. The van der Waals surface area contributed by atoms with Gasteiger partial charge in [0, 0.05) is 25.1 Å². The van der Waals surface area contributed by atoms with Crippen molar-refractivity contribution in [3.05, 3.63) is 29.3 Å². The molecule has 0 saturated carbocycles. The molecule has 1 fully saturated rings. The SMILES string of the molecule is CCCN1CCOC(C(=O)Cc2cc(C)ccc2OC)C1. The average molecular weight is 291 g/mol. The van der Waals surface area contributed by atoms with Crippen molar-refractivity contribution in [2.75, 3.05) is 33.4 Å². The van der Waals surface area contributed by atoms with Crippen molar-refractivity contribution in [2.45, 2.75) is 32.8 Å². The summed E-state index contributed by atoms with van der Waals surface area (Å²) in [6, 6.07) is 5.93. The summed E-state index contributed by atoms with van der Waals surface area (Å²) in [7, 11) is 1.64. The van der Waals surface area contributed by atoms with Crippen LogP contribution < -0.4 is 4.74 Å². The van der Waals surface area contributed by atoms with E-state index in [-0.39, 0.29) is 11.9 Å². The highest BCUT2D eigenvalue weighted by Gasteiger charge is 2.26. The Morgan fingerprint density at radius 3 is 3.00 bits per heavy atom. The molecule has 2 rings (SSSR count). The number of benzene rings is 1. The summed E-state index contributed by atoms with van der Waals surface area (Å²) in [4.78, 5) is 14.8. The maximum absolute atomic E-state index is 12.5. The van der Waals surface area contributed by atoms with Crippen molar-refractivity contribution < 1.29 is 14.3 Å². The van der Waals surface area contributed by atoms with Crippen LogP contribution in [0.2, 0.25) is 0 Å². The Bertz CT molecular complexity index is 485. The predicted octanol–water partition coefficient (Wildman–Crippen LogP) is 2.23. The van der Waals surface area contributed by atoms with Gasteiger partial charge in [0.1, 0.15) is 11.9 Å². The number of morpholine rings is 1. The van der Waals surface area contributed by atoms with Crippen molar-refractivity contribution in [1.82, 2.24) is 4.90 Å². The summed E-state index contributed by atoms with van der Waals surface area (Å²) in [5, 5.41) is 0. The highest BCUT2D eigenvalue weighted by Crippen LogP contribution is 2.21. The van der Waals surface area contributed by atoms with Crippen LogP contribution in [0.25, 0.3) is 0 Å². The molecule has 21 heavy (non-hydrogen) atoms. The van der Waals surface area contributed by atoms with Gasteiger partial charge in [-0.1, -0.05) is 24.6 Å². The lowest BCUT2D eigenvalue weighted by atomic mass is 10.0. The third kappa shape index (κ3) is 4.29. The lowest BCUT2D eigenvalue weighted by Gasteiger charge is -2.32. The van der Waals surface area contributed by atoms with E-state index in [0.29, 0.717) is 19.6 Å². The molecule has 1 atom stereocenters. The fourth-order valence-electron chi connectivity index (χ4n) is 2.76. The number of hydrogen-bond donors (Lipinski definition) is 0. The number of Topliss-reactive ketones (excluding diaryl/α,β-unsaturated/α-hetero) is 1. The van der Waals surface area contributed by atoms with Gasteiger partial charge in [-0.15, -0.1) is 0 Å². The first-order valence-electron chi connectivity index (χ1n) is 7.64. The monoisotopic (exact) mass is 291 g/mol. The van der Waals surface area contributed by atoms with E-state index < -0.39 is 0 Å². The van der Waals surface area contributed by atoms with Gasteiger partial charge in [-0.05, 0) is 26.0 Å². The van der Waals surface area contributed by atoms with Crippen LogP contribution in [0.1, 0.15) is 24.5 Å². The maximum atomic E-state index is 12.5. The lowest BCUT2D eigenvalue weighted by molar-refractivity contribution is -0.135. The van der Waals surface area contributed by atoms with Gasteiger partial charge in [-0.25, -0.2) is 0 Å². The largest absolute Gasteiger partial charge is 0.496 e. The van der Waals surface area contributed by atoms with Crippen LogP contribution in [-0.2, 0) is 16.0 Å². The van der Waals surface area contributed by atoms with E-state index in [0.717, 1.165) is 36.4 Å². The van der Waals surface area contributed by atoms with Gasteiger partial charge in [0.15, 0.2) is 5.78 Å². The van der Waals surface area contributed by atoms with E-state index >= 15 is 0 Å². The van der Waals surface area contributed by atoms with Gasteiger partial charge in [0.2, 0.25) is 0 Å². The second-order valence-corrected chi connectivity index (χ2v) is 5.62. The second kappa shape index (κ2) is 7.57. The highest BCUT2D eigenvalue weighted by atomic mass is 16.5. The molecule has 116 valence electrons. The first kappa shape index (κ1) is 16.0. The molecule has 1 aliphatic rings. The number of ether oxygens (including phenoxy) is 2. The summed E-state index contributed by atoms with van der Waals surface area (Å²) in [6.07, 6.45) is 1.16. The number of rotatable bonds is 6. The number of carbonyl (C=O) groups is 1. The summed E-state index contributed by atoms with van der Waals surface area (Å²) < 4.78 is 11.0. The molecule has 4 heteroatoms. The van der Waals surface area contributed by atoms with E-state index in [4.69, 9.17) is 9.47 Å². The maximum Gasteiger partial charge on any atom is 0.167 e. The molecule has 1 saturated heterocycles. The van der Waals surface area contributed by atoms with Crippen LogP contribution in [0, 0.1) is 6.92 Å². The zero-order valence-electron chi connectivity index (χ0n) is 13.2. The van der Waals surface area contributed by atoms with Crippen molar-refractivity contribution in [3.8, 4) is 5.75 Å². The summed E-state index contributed by atoms with van der Waals surface area (Å²) in [6.45, 7) is 7.48. The minimum absolute atomic E-state index is 0.139. The molecular weight excluding hydrogens is 266 g/mol. The van der Waals surface area contributed by atoms with Gasteiger partial charge < -0.3 is 9.47 Å². The molecule has 1 aliphatic heterocycles. The van der Waals surface area contributed by atoms with E-state index in [9.17, 15) is 4.79 Å². The van der Waals surface area contributed by atoms with Gasteiger partial charge in [-0.2, -0.15) is 0 Å². The number of hydrogen-bond acceptors (Lipinski definition) is 4. The molecule has 1 aromatic rings. The van der Waals surface area contributed by atoms with Crippen LogP contribution >= 0.6 is 0 Å². The normalized spacial score (nSPS) is 19.5. The predicted molar refractivity (Wildman–Crippen MR) is 82.9 cm³/mol. The third-order valence-corrected chi connectivity index (χ3v) is 3.85. The number of nitrogens with zero attached hydrogens (tertiary/aromatic N) is 1. The van der Waals surface area contributed by atoms with E-state index in [1.807, 2.05) is 25.1 Å². The molecule has 0 aromatic heterocycles. The van der Waals surface area contributed by atoms with Crippen LogP contribution in [-0.4, -0.2) is 50.1 Å². The Kier molecular flexibility index (Phi) is 5.76. The average Bonchev–Trinajstić information content (AvgIpc) is 2.48. The molecule has 0 bridgehead atoms. The second-order valence-electron chi connectivity index (χ2n) is 5.62. The molecule has 1 aromatic carbocycles. The molecule has 0 amide bonds. The fourth-order valence-corrected chi connectivity index (χ4v) is 2.76. The number of carbonyl (C=O) groups excluding carboxylic acids is 1. The minimum atomic E-state index is -0.310. The van der Waals surface area contributed by atoms with Crippen LogP contribution in [0.3, 0.4) is 0 Å². The Labute approximate surface area is 127 Å². The van der Waals surface area contributed by atoms with Gasteiger partial charge in [0.05, 0.1) is 13.7 Å². The Morgan fingerprint density at radius 2 is 2.29 bits per heavy atom. The van der Waals surface area contributed by atoms with Crippen molar-refractivity contribution in [1.29, 1.82) is 0 Å². The zero-order valence-corrected chi connectivity index (χ0v) is 13.2. The first-order valence-corrected chi connectivity index (χ1v) is 7.64. The molecule has 1 heterocycles. The summed E-state index contributed by atoms with van der Waals surface area (Å²) in [5.74, 6) is 0.912. The standard InChI is InChI=1S/C17H25NO3/c1-4-7-18-8-9-21-17(12-18)15(19)11-14-10-13(2)5-6-16(14)20-3/h5-6,10,17H,4,7-9,11-12H2,1-3H3. The third-order valence-electron chi connectivity index (χ3n) is 3.85. The molecule has 1 unspecified atom stereocenters. The highest BCUT2D eigenvalue weighted by molar-refractivity contribution is 5.86. The molecule has 0 aliphatic carbocycles. The van der Waals surface area contributed by atoms with Crippen LogP contribution in [0.4, 0.5) is 0 Å². The first-order chi connectivity index (χ1) is 10.1. The topological polar surface area (TPSA) is 38.8 Å². The smallest absolute Gasteiger partial charge is 0.167 e. The number of ketones is 1. The van der Waals surface area contributed by atoms with Crippen LogP contribution in [0.5, 0.6) is 5.75 Å². The van der Waals surface area contributed by atoms with E-state index in [1.54, 1.807) is 7.11 Å². The number of aryl methyl sites for hydroxylation is 1. The number of methoxy groups -OCH3 is 1. The van der Waals surface area contributed by atoms with Gasteiger partial charge >= 0.3 is 0 Å². The Hall–Kier alpha value is -1.39. The van der Waals surface area contributed by atoms with E-state index in [2.05, 4.69) is 11.8 Å². The minimum Gasteiger partial charge on any atom is -0.496 e. The van der Waals surface area contributed by atoms with Crippen LogP contribution in [0.15, 0.2) is 18.2 Å². The summed E-state index contributed by atoms with van der Waals surface area (Å²) in [5.41, 5.74) is 2.08. The quantitative estimate of drug-likeness (QED) is 0.805. The Balaban J connectivity index is 2.02. The van der Waals surface area contributed by atoms with Gasteiger partial charge in [-0.3, -0.25) is 9.69 Å².